The first-order valence-electron chi connectivity index (χ1n) is 4.53. The number of methoxy groups -OCH3 is 1. The molecule has 2 rings (SSSR count). The third-order valence-electron chi connectivity index (χ3n) is 1.99. The van der Waals surface area contributed by atoms with Crippen LogP contribution in [0.3, 0.4) is 0 Å². The van der Waals surface area contributed by atoms with Crippen molar-refractivity contribution in [3.8, 4) is 5.75 Å². The topological polar surface area (TPSA) is 60.2 Å². The van der Waals surface area contributed by atoms with Gasteiger partial charge in [-0.1, -0.05) is 17.3 Å². The average Bonchev–Trinajstić information content (AvgIpc) is 2.80. The highest BCUT2D eigenvalue weighted by Crippen LogP contribution is 2.12. The summed E-state index contributed by atoms with van der Waals surface area (Å²) in [5.74, 6) is 1.48. The molecule has 0 spiro atoms. The number of aromatic nitrogens is 2. The number of nitrogens with zero attached hydrogens (tertiary/aromatic N) is 2. The Labute approximate surface area is 87.0 Å². The highest BCUT2D eigenvalue weighted by atomic mass is 16.6. The Balaban J connectivity index is 1.93. The van der Waals surface area contributed by atoms with Crippen molar-refractivity contribution in [2.24, 2.45) is 0 Å². The molecule has 1 aromatic heterocycles. The lowest BCUT2D eigenvalue weighted by molar-refractivity contribution is 0.308. The molecule has 0 fully saturated rings. The molecule has 78 valence electrons. The van der Waals surface area contributed by atoms with Crippen molar-refractivity contribution in [2.45, 2.75) is 6.54 Å². The van der Waals surface area contributed by atoms with E-state index in [1.165, 1.54) is 6.20 Å². The van der Waals surface area contributed by atoms with Crippen LogP contribution < -0.4 is 10.1 Å². The molecular weight excluding hydrogens is 194 g/mol. The van der Waals surface area contributed by atoms with Crippen molar-refractivity contribution in [2.75, 3.05) is 12.4 Å². The molecule has 0 amide bonds. The fourth-order valence-corrected chi connectivity index (χ4v) is 1.18. The highest BCUT2D eigenvalue weighted by molar-refractivity contribution is 5.33. The summed E-state index contributed by atoms with van der Waals surface area (Å²) < 4.78 is 9.52. The maximum Gasteiger partial charge on any atom is 0.191 e. The number of hydrogen-bond acceptors (Lipinski definition) is 5. The number of ether oxygens (including phenoxy) is 1. The van der Waals surface area contributed by atoms with Crippen LogP contribution in [0.15, 0.2) is 35.1 Å². The lowest BCUT2D eigenvalue weighted by Crippen LogP contribution is -1.99. The van der Waals surface area contributed by atoms with Gasteiger partial charge in [-0.2, -0.15) is 0 Å². The Hall–Kier alpha value is -2.04. The zero-order valence-corrected chi connectivity index (χ0v) is 8.30. The van der Waals surface area contributed by atoms with Crippen LogP contribution in [0.25, 0.3) is 0 Å². The Bertz CT molecular complexity index is 397. The normalized spacial score (nSPS) is 9.93. The molecule has 0 atom stereocenters. The number of anilines is 1. The summed E-state index contributed by atoms with van der Waals surface area (Å²) in [5, 5.41) is 10.2. The fourth-order valence-electron chi connectivity index (χ4n) is 1.18. The molecule has 1 aromatic carbocycles. The van der Waals surface area contributed by atoms with E-state index in [2.05, 4.69) is 20.3 Å². The minimum absolute atomic E-state index is 0.630. The number of rotatable bonds is 4. The van der Waals surface area contributed by atoms with Crippen molar-refractivity contribution in [3.05, 3.63) is 36.0 Å². The summed E-state index contributed by atoms with van der Waals surface area (Å²) in [5.41, 5.74) is 1.14. The Morgan fingerprint density at radius 3 is 2.73 bits per heavy atom. The predicted octanol–water partition coefficient (Wildman–Crippen LogP) is 1.69. The van der Waals surface area contributed by atoms with Gasteiger partial charge in [0, 0.05) is 6.54 Å². The van der Waals surface area contributed by atoms with Crippen LogP contribution in [0, 0.1) is 0 Å². The molecule has 5 nitrogen and oxygen atoms in total. The molecule has 0 saturated carbocycles. The third-order valence-corrected chi connectivity index (χ3v) is 1.99. The summed E-state index contributed by atoms with van der Waals surface area (Å²) in [6.07, 6.45) is 1.53. The minimum atomic E-state index is 0.630. The first-order chi connectivity index (χ1) is 7.38. The zero-order chi connectivity index (χ0) is 10.5. The van der Waals surface area contributed by atoms with Crippen molar-refractivity contribution < 1.29 is 9.37 Å². The summed E-state index contributed by atoms with van der Waals surface area (Å²) in [4.78, 5) is 0. The number of nitrogens with one attached hydrogen (secondary N) is 1. The summed E-state index contributed by atoms with van der Waals surface area (Å²) in [6, 6.07) is 7.80. The molecule has 15 heavy (non-hydrogen) atoms. The minimum Gasteiger partial charge on any atom is -0.497 e. The molecule has 5 heteroatoms. The Kier molecular flexibility index (Phi) is 2.82. The van der Waals surface area contributed by atoms with E-state index in [1.54, 1.807) is 7.11 Å². The molecule has 0 aliphatic rings. The maximum absolute atomic E-state index is 5.06. The zero-order valence-electron chi connectivity index (χ0n) is 8.30. The predicted molar refractivity (Wildman–Crippen MR) is 54.6 cm³/mol. The Morgan fingerprint density at radius 2 is 2.13 bits per heavy atom. The van der Waals surface area contributed by atoms with Gasteiger partial charge in [0.05, 0.1) is 7.11 Å². The van der Waals surface area contributed by atoms with Gasteiger partial charge in [0.1, 0.15) is 11.9 Å². The molecule has 0 radical (unpaired) electrons. The molecule has 0 aliphatic carbocycles. The second-order valence-electron chi connectivity index (χ2n) is 2.99. The van der Waals surface area contributed by atoms with Crippen molar-refractivity contribution in [1.29, 1.82) is 0 Å². The van der Waals surface area contributed by atoms with Gasteiger partial charge >= 0.3 is 0 Å². The van der Waals surface area contributed by atoms with E-state index >= 15 is 0 Å². The average molecular weight is 205 g/mol. The molecule has 1 heterocycles. The third kappa shape index (κ3) is 2.46. The van der Waals surface area contributed by atoms with Gasteiger partial charge in [-0.25, -0.2) is 4.63 Å². The molecule has 1 N–H and O–H groups in total. The van der Waals surface area contributed by atoms with E-state index in [9.17, 15) is 0 Å². The van der Waals surface area contributed by atoms with Gasteiger partial charge in [-0.15, -0.1) is 0 Å². The van der Waals surface area contributed by atoms with Crippen LogP contribution in [0.2, 0.25) is 0 Å². The molecule has 0 unspecified atom stereocenters. The van der Waals surface area contributed by atoms with Crippen LogP contribution in [-0.4, -0.2) is 17.4 Å². The van der Waals surface area contributed by atoms with E-state index in [4.69, 9.17) is 4.74 Å². The second kappa shape index (κ2) is 4.45. The van der Waals surface area contributed by atoms with Gasteiger partial charge < -0.3 is 10.1 Å². The maximum atomic E-state index is 5.06. The van der Waals surface area contributed by atoms with E-state index in [1.807, 2.05) is 24.3 Å². The van der Waals surface area contributed by atoms with E-state index in [0.29, 0.717) is 12.4 Å². The van der Waals surface area contributed by atoms with E-state index in [0.717, 1.165) is 11.3 Å². The summed E-state index contributed by atoms with van der Waals surface area (Å²) in [7, 11) is 1.65. The smallest absolute Gasteiger partial charge is 0.191 e. The van der Waals surface area contributed by atoms with E-state index < -0.39 is 0 Å². The van der Waals surface area contributed by atoms with Crippen LogP contribution in [0.5, 0.6) is 5.75 Å². The van der Waals surface area contributed by atoms with Crippen LogP contribution in [0.1, 0.15) is 5.56 Å². The SMILES string of the molecule is COc1ccc(CNc2cnon2)cc1. The number of hydrogen-bond donors (Lipinski definition) is 1. The van der Waals surface area contributed by atoms with Gasteiger partial charge in [0.15, 0.2) is 5.82 Å². The molecular formula is C10H11N3O2. The second-order valence-corrected chi connectivity index (χ2v) is 2.99. The van der Waals surface area contributed by atoms with Crippen LogP contribution in [0.4, 0.5) is 5.82 Å². The Morgan fingerprint density at radius 1 is 1.33 bits per heavy atom. The van der Waals surface area contributed by atoms with Crippen molar-refractivity contribution in [3.63, 3.8) is 0 Å². The van der Waals surface area contributed by atoms with Gasteiger partial charge in [0.25, 0.3) is 0 Å². The molecule has 0 saturated heterocycles. The molecule has 0 bridgehead atoms. The van der Waals surface area contributed by atoms with Crippen molar-refractivity contribution >= 4 is 5.82 Å². The highest BCUT2D eigenvalue weighted by Gasteiger charge is 1.97. The molecule has 0 aliphatic heterocycles. The summed E-state index contributed by atoms with van der Waals surface area (Å²) >= 11 is 0. The first kappa shape index (κ1) is 9.51. The standard InChI is InChI=1S/C10H11N3O2/c1-14-9-4-2-8(3-5-9)6-11-10-7-12-15-13-10/h2-5,7H,6H2,1H3,(H,11,13). The van der Waals surface area contributed by atoms with Crippen LogP contribution in [-0.2, 0) is 6.54 Å². The van der Waals surface area contributed by atoms with Gasteiger partial charge in [-0.3, -0.25) is 0 Å². The summed E-state index contributed by atoms with van der Waals surface area (Å²) in [6.45, 7) is 0.679. The van der Waals surface area contributed by atoms with Crippen molar-refractivity contribution in [1.82, 2.24) is 10.3 Å². The van der Waals surface area contributed by atoms with Gasteiger partial charge in [-0.05, 0) is 22.9 Å². The van der Waals surface area contributed by atoms with Crippen LogP contribution >= 0.6 is 0 Å². The fraction of sp³-hybridized carbons (Fsp3) is 0.200. The lowest BCUT2D eigenvalue weighted by atomic mass is 10.2. The first-order valence-corrected chi connectivity index (χ1v) is 4.53. The van der Waals surface area contributed by atoms with Gasteiger partial charge in [0.2, 0.25) is 0 Å². The van der Waals surface area contributed by atoms with E-state index in [-0.39, 0.29) is 0 Å². The lowest BCUT2D eigenvalue weighted by Gasteiger charge is -2.03. The molecule has 2 aromatic rings. The quantitative estimate of drug-likeness (QED) is 0.823. The monoisotopic (exact) mass is 205 g/mol. The largest absolute Gasteiger partial charge is 0.497 e. The number of benzene rings is 1.